The molecule has 6 aromatic rings. The van der Waals surface area contributed by atoms with Crippen molar-refractivity contribution in [2.24, 2.45) is 0 Å². The van der Waals surface area contributed by atoms with E-state index in [2.05, 4.69) is 98.9 Å². The van der Waals surface area contributed by atoms with Gasteiger partial charge in [-0.1, -0.05) is 12.1 Å². The first kappa shape index (κ1) is 27.5. The number of piperazine rings is 1. The molecule has 1 fully saturated rings. The van der Waals surface area contributed by atoms with Crippen LogP contribution in [-0.2, 0) is 12.8 Å². The molecule has 2 N–H and O–H groups in total. The average Bonchev–Trinajstić information content (AvgIpc) is 3.09. The standard InChI is InChI=1S/C34H34N10/c1-3-25(21-35-11-1)9-13-37-33-29-7-5-27(19-31(29)39-23-41-33)43-15-17-44(18-16-43)28-6-8-30-32(20-28)40-24-42-34(30)38-14-10-26-4-2-12-36-22-26/h1-8,11-12,19-24H,9-10,13-18H2,(H,37,39,41)(H,38,40,42). The Balaban J connectivity index is 0.973. The Morgan fingerprint density at radius 2 is 1.05 bits per heavy atom. The van der Waals surface area contributed by atoms with Crippen molar-refractivity contribution in [3.8, 4) is 0 Å². The molecule has 0 saturated carbocycles. The fourth-order valence-corrected chi connectivity index (χ4v) is 5.73. The van der Waals surface area contributed by atoms with Crippen molar-refractivity contribution in [1.82, 2.24) is 29.9 Å². The molecule has 0 spiro atoms. The Morgan fingerprint density at radius 1 is 0.568 bits per heavy atom. The summed E-state index contributed by atoms with van der Waals surface area (Å²) in [6, 6.07) is 21.1. The van der Waals surface area contributed by atoms with Gasteiger partial charge >= 0.3 is 0 Å². The van der Waals surface area contributed by atoms with Gasteiger partial charge in [0.25, 0.3) is 0 Å². The molecule has 0 radical (unpaired) electrons. The Bertz CT molecular complexity index is 1700. The van der Waals surface area contributed by atoms with Gasteiger partial charge in [-0.3, -0.25) is 9.97 Å². The lowest BCUT2D eigenvalue weighted by Gasteiger charge is -2.37. The van der Waals surface area contributed by atoms with Crippen molar-refractivity contribution in [3.63, 3.8) is 0 Å². The summed E-state index contributed by atoms with van der Waals surface area (Å²) in [4.78, 5) is 31.4. The van der Waals surface area contributed by atoms with E-state index in [1.165, 1.54) is 22.5 Å². The maximum Gasteiger partial charge on any atom is 0.137 e. The van der Waals surface area contributed by atoms with Gasteiger partial charge in [0.1, 0.15) is 24.3 Å². The first-order chi connectivity index (χ1) is 21.8. The molecule has 44 heavy (non-hydrogen) atoms. The van der Waals surface area contributed by atoms with Gasteiger partial charge in [0.2, 0.25) is 0 Å². The number of pyridine rings is 2. The molecule has 1 aliphatic heterocycles. The second kappa shape index (κ2) is 12.9. The largest absolute Gasteiger partial charge is 0.369 e. The Hall–Kier alpha value is -5.38. The molecule has 0 bridgehead atoms. The van der Waals surface area contributed by atoms with E-state index in [9.17, 15) is 0 Å². The van der Waals surface area contributed by atoms with E-state index in [0.29, 0.717) is 0 Å². The van der Waals surface area contributed by atoms with Gasteiger partial charge in [0, 0.05) is 86.2 Å². The fraction of sp³-hybridized carbons (Fsp3) is 0.235. The lowest BCUT2D eigenvalue weighted by molar-refractivity contribution is 0.654. The first-order valence-electron chi connectivity index (χ1n) is 15.1. The number of rotatable bonds is 10. The van der Waals surface area contributed by atoms with Gasteiger partial charge in [-0.15, -0.1) is 0 Å². The van der Waals surface area contributed by atoms with Crippen LogP contribution in [0.15, 0.2) is 98.1 Å². The van der Waals surface area contributed by atoms with Gasteiger partial charge in [0.05, 0.1) is 11.0 Å². The molecule has 2 aromatic carbocycles. The molecule has 5 heterocycles. The van der Waals surface area contributed by atoms with Crippen LogP contribution in [0.3, 0.4) is 0 Å². The van der Waals surface area contributed by atoms with Crippen molar-refractivity contribution >= 4 is 44.8 Å². The first-order valence-corrected chi connectivity index (χ1v) is 15.1. The number of hydrogen-bond donors (Lipinski definition) is 2. The van der Waals surface area contributed by atoms with E-state index in [-0.39, 0.29) is 0 Å². The summed E-state index contributed by atoms with van der Waals surface area (Å²) in [6.07, 6.45) is 12.5. The van der Waals surface area contributed by atoms with Crippen LogP contribution >= 0.6 is 0 Å². The minimum atomic E-state index is 0.784. The quantitative estimate of drug-likeness (QED) is 0.229. The fourth-order valence-electron chi connectivity index (χ4n) is 5.73. The third-order valence-electron chi connectivity index (χ3n) is 8.11. The van der Waals surface area contributed by atoms with Gasteiger partial charge in [-0.2, -0.15) is 0 Å². The number of hydrogen-bond acceptors (Lipinski definition) is 10. The zero-order chi connectivity index (χ0) is 29.6. The van der Waals surface area contributed by atoms with Gasteiger partial charge < -0.3 is 20.4 Å². The van der Waals surface area contributed by atoms with Crippen molar-refractivity contribution in [1.29, 1.82) is 0 Å². The Labute approximate surface area is 256 Å². The maximum absolute atomic E-state index is 4.58. The molecular formula is C34H34N10. The number of nitrogens with zero attached hydrogens (tertiary/aromatic N) is 8. The summed E-state index contributed by atoms with van der Waals surface area (Å²) in [5.41, 5.74) is 6.67. The SMILES string of the molecule is c1cncc(CCNc2ncnc3cc(N4CCN(c5ccc6c(NCCc7cccnc7)ncnc6c5)CC4)ccc23)c1. The molecule has 10 heteroatoms. The maximum atomic E-state index is 4.58. The summed E-state index contributed by atoms with van der Waals surface area (Å²) >= 11 is 0. The highest BCUT2D eigenvalue weighted by Crippen LogP contribution is 2.28. The third kappa shape index (κ3) is 6.19. The van der Waals surface area contributed by atoms with Crippen LogP contribution in [0.2, 0.25) is 0 Å². The number of nitrogens with one attached hydrogen (secondary N) is 2. The van der Waals surface area contributed by atoms with E-state index in [1.54, 1.807) is 25.0 Å². The molecule has 0 unspecified atom stereocenters. The molecule has 0 aliphatic carbocycles. The molecule has 7 rings (SSSR count). The van der Waals surface area contributed by atoms with Crippen molar-refractivity contribution in [2.45, 2.75) is 12.8 Å². The molecular weight excluding hydrogens is 548 g/mol. The highest BCUT2D eigenvalue weighted by Gasteiger charge is 2.19. The van der Waals surface area contributed by atoms with E-state index in [0.717, 1.165) is 85.6 Å². The lowest BCUT2D eigenvalue weighted by atomic mass is 10.1. The second-order valence-corrected chi connectivity index (χ2v) is 10.9. The van der Waals surface area contributed by atoms with Crippen molar-refractivity contribution in [2.75, 3.05) is 59.7 Å². The number of anilines is 4. The van der Waals surface area contributed by atoms with Crippen LogP contribution in [0.1, 0.15) is 11.1 Å². The molecule has 0 atom stereocenters. The molecule has 10 nitrogen and oxygen atoms in total. The van der Waals surface area contributed by atoms with Gasteiger partial charge in [-0.05, 0) is 72.5 Å². The topological polar surface area (TPSA) is 108 Å². The highest BCUT2D eigenvalue weighted by atomic mass is 15.3. The lowest BCUT2D eigenvalue weighted by Crippen LogP contribution is -2.46. The Morgan fingerprint density at radius 3 is 1.48 bits per heavy atom. The van der Waals surface area contributed by atoms with Crippen LogP contribution in [0.4, 0.5) is 23.0 Å². The van der Waals surface area contributed by atoms with Crippen LogP contribution in [-0.4, -0.2) is 69.2 Å². The van der Waals surface area contributed by atoms with Gasteiger partial charge in [0.15, 0.2) is 0 Å². The van der Waals surface area contributed by atoms with Crippen LogP contribution in [0, 0.1) is 0 Å². The molecule has 0 amide bonds. The minimum Gasteiger partial charge on any atom is -0.369 e. The van der Waals surface area contributed by atoms with E-state index in [4.69, 9.17) is 0 Å². The Kier molecular flexibility index (Phi) is 8.03. The minimum absolute atomic E-state index is 0.784. The summed E-state index contributed by atoms with van der Waals surface area (Å²) in [7, 11) is 0. The smallest absolute Gasteiger partial charge is 0.137 e. The zero-order valence-corrected chi connectivity index (χ0v) is 24.5. The predicted molar refractivity (Wildman–Crippen MR) is 176 cm³/mol. The molecule has 1 saturated heterocycles. The number of aromatic nitrogens is 6. The molecule has 1 aliphatic rings. The second-order valence-electron chi connectivity index (χ2n) is 10.9. The summed E-state index contributed by atoms with van der Waals surface area (Å²) in [6.45, 7) is 5.27. The van der Waals surface area contributed by atoms with E-state index in [1.807, 2.05) is 24.5 Å². The van der Waals surface area contributed by atoms with Gasteiger partial charge in [-0.25, -0.2) is 19.9 Å². The zero-order valence-electron chi connectivity index (χ0n) is 24.5. The van der Waals surface area contributed by atoms with Crippen LogP contribution in [0.25, 0.3) is 21.8 Å². The average molecular weight is 583 g/mol. The van der Waals surface area contributed by atoms with Crippen molar-refractivity contribution in [3.05, 3.63) is 109 Å². The van der Waals surface area contributed by atoms with E-state index >= 15 is 0 Å². The van der Waals surface area contributed by atoms with E-state index < -0.39 is 0 Å². The summed E-state index contributed by atoms with van der Waals surface area (Å²) < 4.78 is 0. The molecule has 220 valence electrons. The predicted octanol–water partition coefficient (Wildman–Crippen LogP) is 5.00. The van der Waals surface area contributed by atoms with Crippen LogP contribution < -0.4 is 20.4 Å². The van der Waals surface area contributed by atoms with Crippen molar-refractivity contribution < 1.29 is 0 Å². The molecule has 4 aromatic heterocycles. The van der Waals surface area contributed by atoms with Crippen LogP contribution in [0.5, 0.6) is 0 Å². The highest BCUT2D eigenvalue weighted by molar-refractivity contribution is 5.92. The summed E-state index contributed by atoms with van der Waals surface area (Å²) in [5, 5.41) is 9.02. The monoisotopic (exact) mass is 582 g/mol. The third-order valence-corrected chi connectivity index (χ3v) is 8.11. The number of fused-ring (bicyclic) bond motifs is 2. The number of benzene rings is 2. The summed E-state index contributed by atoms with van der Waals surface area (Å²) in [5.74, 6) is 1.73. The normalized spacial score (nSPS) is 13.4.